The van der Waals surface area contributed by atoms with E-state index < -0.39 is 0 Å². The number of nitrogens with one attached hydrogen (secondary N) is 4. The number of H-pyrrole nitrogens is 1. The number of para-hydroxylation sites is 1. The quantitative estimate of drug-likeness (QED) is 0.159. The van der Waals surface area contributed by atoms with Gasteiger partial charge in [0.25, 0.3) is 0 Å². The number of rotatable bonds is 10. The molecule has 2 aromatic heterocycles. The number of fused-ring (bicyclic) bond motifs is 1. The van der Waals surface area contributed by atoms with Gasteiger partial charge in [-0.25, -0.2) is 4.98 Å². The summed E-state index contributed by atoms with van der Waals surface area (Å²) in [7, 11) is 3.91. The Morgan fingerprint density at radius 1 is 0.932 bits per heavy atom. The highest BCUT2D eigenvalue weighted by atomic mass is 16.5. The number of ether oxygens (including phenoxy) is 1. The summed E-state index contributed by atoms with van der Waals surface area (Å²) in [5.41, 5.74) is 5.49. The second-order valence-corrected chi connectivity index (χ2v) is 10.7. The monoisotopic (exact) mass is 589 g/mol. The summed E-state index contributed by atoms with van der Waals surface area (Å²) in [4.78, 5) is 26.6. The van der Waals surface area contributed by atoms with Crippen molar-refractivity contribution < 1.29 is 9.53 Å². The molecule has 44 heavy (non-hydrogen) atoms. The first kappa shape index (κ1) is 28.8. The average molecular weight is 590 g/mol. The van der Waals surface area contributed by atoms with Crippen molar-refractivity contribution in [2.75, 3.05) is 67.8 Å². The van der Waals surface area contributed by atoms with Crippen LogP contribution in [0, 0.1) is 0 Å². The van der Waals surface area contributed by atoms with Gasteiger partial charge in [0.15, 0.2) is 5.65 Å². The van der Waals surface area contributed by atoms with Crippen LogP contribution in [-0.4, -0.2) is 77.9 Å². The van der Waals surface area contributed by atoms with Crippen LogP contribution in [0.4, 0.5) is 34.5 Å². The van der Waals surface area contributed by atoms with Crippen LogP contribution in [-0.2, 0) is 9.53 Å². The molecule has 3 heterocycles. The maximum absolute atomic E-state index is 12.6. The summed E-state index contributed by atoms with van der Waals surface area (Å²) in [6, 6.07) is 25.6. The number of amides is 1. The van der Waals surface area contributed by atoms with Crippen LogP contribution in [0.15, 0.2) is 91.0 Å². The molecule has 4 N–H and O–H groups in total. The lowest BCUT2D eigenvalue weighted by Crippen LogP contribution is -2.36. The first-order chi connectivity index (χ1) is 21.5. The number of hydrogen-bond acceptors (Lipinski definition) is 9. The number of benzene rings is 3. The minimum Gasteiger partial charge on any atom is -0.378 e. The van der Waals surface area contributed by atoms with Gasteiger partial charge in [-0.2, -0.15) is 10.1 Å². The SMILES string of the molecule is CN(C)C/C=C/C(=O)Nc1cccc(-c2nc(Nc3cccc(N4CCOCC4)c3)nc3n[nH]c(Nc4ccccc4)c23)c1. The molecule has 0 saturated carbocycles. The number of carbonyl (C=O) groups is 1. The summed E-state index contributed by atoms with van der Waals surface area (Å²) in [5.74, 6) is 0.877. The van der Waals surface area contributed by atoms with E-state index in [9.17, 15) is 4.79 Å². The van der Waals surface area contributed by atoms with Crippen LogP contribution < -0.4 is 20.9 Å². The molecule has 5 aromatic rings. The number of aromatic nitrogens is 4. The standard InChI is InChI=1S/C33H35N9O2/c1-41(2)16-8-15-28(43)34-25-12-6-9-23(21-25)30-29-31(35-24-10-4-3-5-11-24)39-40-32(29)38-33(37-30)36-26-13-7-14-27(22-26)42-17-19-44-20-18-42/h3-15,21-22H,16-20H2,1-2H3,(H,34,43)(H3,35,36,37,38,39,40)/b15-8+. The van der Waals surface area contributed by atoms with Gasteiger partial charge in [0.1, 0.15) is 5.82 Å². The second-order valence-electron chi connectivity index (χ2n) is 10.7. The Bertz CT molecular complexity index is 1760. The normalized spacial score (nSPS) is 13.5. The Labute approximate surface area is 256 Å². The predicted molar refractivity (Wildman–Crippen MR) is 176 cm³/mol. The molecule has 1 amide bonds. The van der Waals surface area contributed by atoms with E-state index in [2.05, 4.69) is 43.2 Å². The molecule has 0 spiro atoms. The van der Waals surface area contributed by atoms with Crippen molar-refractivity contribution in [2.45, 2.75) is 0 Å². The maximum Gasteiger partial charge on any atom is 0.248 e. The molecule has 0 unspecified atom stereocenters. The van der Waals surface area contributed by atoms with Crippen molar-refractivity contribution in [1.29, 1.82) is 0 Å². The Morgan fingerprint density at radius 3 is 2.52 bits per heavy atom. The second kappa shape index (κ2) is 13.4. The molecule has 0 atom stereocenters. The van der Waals surface area contributed by atoms with Crippen LogP contribution in [0.2, 0.25) is 0 Å². The molecule has 11 nitrogen and oxygen atoms in total. The first-order valence-electron chi connectivity index (χ1n) is 14.5. The molecule has 224 valence electrons. The highest BCUT2D eigenvalue weighted by molar-refractivity contribution is 6.02. The van der Waals surface area contributed by atoms with Crippen molar-refractivity contribution in [3.8, 4) is 11.3 Å². The van der Waals surface area contributed by atoms with Crippen molar-refractivity contribution in [1.82, 2.24) is 25.1 Å². The number of hydrogen-bond donors (Lipinski definition) is 4. The van der Waals surface area contributed by atoms with Crippen LogP contribution in [0.1, 0.15) is 0 Å². The number of carbonyl (C=O) groups excluding carboxylic acids is 1. The Morgan fingerprint density at radius 2 is 1.70 bits per heavy atom. The third-order valence-electron chi connectivity index (χ3n) is 7.08. The van der Waals surface area contributed by atoms with E-state index in [1.807, 2.05) is 91.8 Å². The summed E-state index contributed by atoms with van der Waals surface area (Å²) in [6.07, 6.45) is 3.37. The van der Waals surface area contributed by atoms with Gasteiger partial charge in [0, 0.05) is 54.0 Å². The summed E-state index contributed by atoms with van der Waals surface area (Å²) < 4.78 is 5.52. The minimum absolute atomic E-state index is 0.200. The third-order valence-corrected chi connectivity index (χ3v) is 7.08. The molecule has 3 aromatic carbocycles. The van der Waals surface area contributed by atoms with E-state index in [0.717, 1.165) is 41.1 Å². The average Bonchev–Trinajstić information content (AvgIpc) is 3.44. The topological polar surface area (TPSA) is 123 Å². The Kier molecular flexibility index (Phi) is 8.76. The predicted octanol–water partition coefficient (Wildman–Crippen LogP) is 5.40. The smallest absolute Gasteiger partial charge is 0.248 e. The molecule has 0 bridgehead atoms. The fourth-order valence-corrected chi connectivity index (χ4v) is 4.98. The molecule has 6 rings (SSSR count). The molecule has 1 saturated heterocycles. The van der Waals surface area contributed by atoms with Gasteiger partial charge in [0.05, 0.1) is 24.3 Å². The molecular formula is C33H35N9O2. The van der Waals surface area contributed by atoms with E-state index in [-0.39, 0.29) is 5.91 Å². The number of aromatic amines is 1. The molecular weight excluding hydrogens is 554 g/mol. The van der Waals surface area contributed by atoms with Crippen LogP contribution >= 0.6 is 0 Å². The third kappa shape index (κ3) is 7.02. The van der Waals surface area contributed by atoms with Crippen molar-refractivity contribution in [3.05, 3.63) is 91.0 Å². The molecule has 0 aliphatic carbocycles. The van der Waals surface area contributed by atoms with Crippen molar-refractivity contribution in [3.63, 3.8) is 0 Å². The van der Waals surface area contributed by atoms with Gasteiger partial charge in [-0.05, 0) is 56.6 Å². The Hall–Kier alpha value is -5.26. The van der Waals surface area contributed by atoms with Crippen LogP contribution in [0.5, 0.6) is 0 Å². The summed E-state index contributed by atoms with van der Waals surface area (Å²) >= 11 is 0. The molecule has 11 heteroatoms. The summed E-state index contributed by atoms with van der Waals surface area (Å²) in [5, 5.41) is 18.1. The van der Waals surface area contributed by atoms with Gasteiger partial charge in [-0.15, -0.1) is 0 Å². The zero-order valence-corrected chi connectivity index (χ0v) is 24.7. The summed E-state index contributed by atoms with van der Waals surface area (Å²) in [6.45, 7) is 3.79. The van der Waals surface area contributed by atoms with Gasteiger partial charge in [-0.3, -0.25) is 9.89 Å². The van der Waals surface area contributed by atoms with Crippen LogP contribution in [0.3, 0.4) is 0 Å². The lowest BCUT2D eigenvalue weighted by Gasteiger charge is -2.29. The zero-order chi connectivity index (χ0) is 30.3. The van der Waals surface area contributed by atoms with Gasteiger partial charge >= 0.3 is 0 Å². The molecule has 0 radical (unpaired) electrons. The number of morpholine rings is 1. The largest absolute Gasteiger partial charge is 0.378 e. The first-order valence-corrected chi connectivity index (χ1v) is 14.5. The van der Waals surface area contributed by atoms with Crippen molar-refractivity contribution in [2.24, 2.45) is 0 Å². The van der Waals surface area contributed by atoms with E-state index in [1.54, 1.807) is 6.08 Å². The molecule has 1 aliphatic heterocycles. The van der Waals surface area contributed by atoms with Gasteiger partial charge < -0.3 is 30.5 Å². The lowest BCUT2D eigenvalue weighted by atomic mass is 10.1. The van der Waals surface area contributed by atoms with Gasteiger partial charge in [-0.1, -0.05) is 42.5 Å². The number of likely N-dealkylation sites (N-methyl/N-ethyl adjacent to an activating group) is 1. The van der Waals surface area contributed by atoms with E-state index in [1.165, 1.54) is 0 Å². The van der Waals surface area contributed by atoms with E-state index >= 15 is 0 Å². The zero-order valence-electron chi connectivity index (χ0n) is 24.7. The highest BCUT2D eigenvalue weighted by Crippen LogP contribution is 2.34. The van der Waals surface area contributed by atoms with Crippen molar-refractivity contribution >= 4 is 51.5 Å². The fraction of sp³-hybridized carbons (Fsp3) is 0.212. The lowest BCUT2D eigenvalue weighted by molar-refractivity contribution is -0.111. The highest BCUT2D eigenvalue weighted by Gasteiger charge is 2.18. The van der Waals surface area contributed by atoms with E-state index in [0.29, 0.717) is 48.6 Å². The van der Waals surface area contributed by atoms with Crippen LogP contribution in [0.25, 0.3) is 22.3 Å². The fourth-order valence-electron chi connectivity index (χ4n) is 4.98. The van der Waals surface area contributed by atoms with Gasteiger partial charge in [0.2, 0.25) is 11.9 Å². The van der Waals surface area contributed by atoms with E-state index in [4.69, 9.17) is 14.7 Å². The molecule has 1 fully saturated rings. The molecule has 1 aliphatic rings. The maximum atomic E-state index is 12.6. The Balaban J connectivity index is 1.35. The minimum atomic E-state index is -0.200. The number of anilines is 6. The number of nitrogens with zero attached hydrogens (tertiary/aromatic N) is 5.